The Morgan fingerprint density at radius 2 is 1.70 bits per heavy atom. The van der Waals surface area contributed by atoms with Gasteiger partial charge in [0.15, 0.2) is 5.85 Å². The molecule has 0 aliphatic carbocycles. The molecule has 2 rings (SSSR count). The van der Waals surface area contributed by atoms with Crippen LogP contribution in [0.1, 0.15) is 18.3 Å². The van der Waals surface area contributed by atoms with Crippen molar-refractivity contribution in [2.75, 3.05) is 25.6 Å². The maximum Gasteiger partial charge on any atom is 0.264 e. The molecule has 2 aromatic carbocycles. The Kier molecular flexibility index (Phi) is 5.88. The third-order valence-corrected chi connectivity index (χ3v) is 6.39. The molecule has 2 atom stereocenters. The van der Waals surface area contributed by atoms with E-state index in [1.807, 2.05) is 31.1 Å². The summed E-state index contributed by atoms with van der Waals surface area (Å²) in [6.45, 7) is 2.01. The van der Waals surface area contributed by atoms with E-state index in [-0.39, 0.29) is 6.61 Å². The summed E-state index contributed by atoms with van der Waals surface area (Å²) in [5, 5.41) is 11.7. The van der Waals surface area contributed by atoms with Crippen molar-refractivity contribution in [3.8, 4) is 0 Å². The van der Waals surface area contributed by atoms with Crippen LogP contribution in [-0.4, -0.2) is 25.8 Å². The van der Waals surface area contributed by atoms with Gasteiger partial charge >= 0.3 is 0 Å². The minimum atomic E-state index is -3.46. The third kappa shape index (κ3) is 3.96. The van der Waals surface area contributed by atoms with Crippen molar-refractivity contribution in [3.05, 3.63) is 59.1 Å². The SMILES string of the molecule is CCO[P@@](=O)(c1ccc(N(C)C)cc1)[C@H](O)c1ccc(Cl)cc1. The van der Waals surface area contributed by atoms with Crippen LogP contribution in [0.15, 0.2) is 48.5 Å². The van der Waals surface area contributed by atoms with Gasteiger partial charge in [-0.1, -0.05) is 23.7 Å². The Morgan fingerprint density at radius 1 is 1.13 bits per heavy atom. The van der Waals surface area contributed by atoms with E-state index >= 15 is 0 Å². The summed E-state index contributed by atoms with van der Waals surface area (Å²) >= 11 is 5.87. The van der Waals surface area contributed by atoms with E-state index in [2.05, 4.69) is 0 Å². The van der Waals surface area contributed by atoms with Gasteiger partial charge < -0.3 is 14.5 Å². The van der Waals surface area contributed by atoms with E-state index in [4.69, 9.17) is 16.1 Å². The number of aliphatic hydroxyl groups is 1. The Bertz CT molecular complexity index is 686. The van der Waals surface area contributed by atoms with Gasteiger partial charge in [-0.2, -0.15) is 0 Å². The summed E-state index contributed by atoms with van der Waals surface area (Å²) < 4.78 is 18.9. The number of nitrogens with zero attached hydrogens (tertiary/aromatic N) is 1. The highest BCUT2D eigenvalue weighted by Crippen LogP contribution is 2.57. The van der Waals surface area contributed by atoms with Gasteiger partial charge in [0.25, 0.3) is 7.37 Å². The lowest BCUT2D eigenvalue weighted by atomic mass is 10.2. The summed E-state index contributed by atoms with van der Waals surface area (Å²) in [6, 6.07) is 13.8. The maximum absolute atomic E-state index is 13.4. The van der Waals surface area contributed by atoms with Gasteiger partial charge in [0.05, 0.1) is 6.61 Å². The van der Waals surface area contributed by atoms with Crippen LogP contribution in [0.4, 0.5) is 5.69 Å². The minimum absolute atomic E-state index is 0.247. The molecule has 0 heterocycles. The number of hydrogen-bond donors (Lipinski definition) is 1. The fourth-order valence-corrected chi connectivity index (χ4v) is 4.48. The van der Waals surface area contributed by atoms with E-state index < -0.39 is 13.2 Å². The zero-order valence-electron chi connectivity index (χ0n) is 13.4. The molecule has 0 aliphatic rings. The minimum Gasteiger partial charge on any atom is -0.378 e. The lowest BCUT2D eigenvalue weighted by Crippen LogP contribution is -2.16. The first kappa shape index (κ1) is 18.0. The highest BCUT2D eigenvalue weighted by molar-refractivity contribution is 7.67. The predicted molar refractivity (Wildman–Crippen MR) is 96.0 cm³/mol. The molecule has 2 aromatic rings. The highest BCUT2D eigenvalue weighted by Gasteiger charge is 2.36. The fourth-order valence-electron chi connectivity index (χ4n) is 2.27. The second-order valence-electron chi connectivity index (χ2n) is 5.35. The van der Waals surface area contributed by atoms with Gasteiger partial charge in [0, 0.05) is 30.1 Å². The molecule has 4 nitrogen and oxygen atoms in total. The number of anilines is 1. The van der Waals surface area contributed by atoms with E-state index in [1.165, 1.54) is 0 Å². The van der Waals surface area contributed by atoms with Crippen LogP contribution in [0.3, 0.4) is 0 Å². The number of aliphatic hydroxyl groups excluding tert-OH is 1. The Labute approximate surface area is 142 Å². The third-order valence-electron chi connectivity index (χ3n) is 3.54. The first-order chi connectivity index (χ1) is 10.9. The summed E-state index contributed by atoms with van der Waals surface area (Å²) in [4.78, 5) is 1.95. The van der Waals surface area contributed by atoms with E-state index in [1.54, 1.807) is 43.3 Å². The largest absolute Gasteiger partial charge is 0.378 e. The highest BCUT2D eigenvalue weighted by atomic mass is 35.5. The Morgan fingerprint density at radius 3 is 2.17 bits per heavy atom. The molecule has 124 valence electrons. The summed E-state index contributed by atoms with van der Waals surface area (Å²) in [5.41, 5.74) is 1.50. The molecule has 0 aliphatic heterocycles. The number of hydrogen-bond acceptors (Lipinski definition) is 4. The van der Waals surface area contributed by atoms with Gasteiger partial charge in [-0.15, -0.1) is 0 Å². The van der Waals surface area contributed by atoms with E-state index in [0.29, 0.717) is 15.9 Å². The van der Waals surface area contributed by atoms with Gasteiger partial charge in [0.1, 0.15) is 0 Å². The van der Waals surface area contributed by atoms with Crippen molar-refractivity contribution in [2.24, 2.45) is 0 Å². The molecule has 0 saturated heterocycles. The maximum atomic E-state index is 13.4. The first-order valence-corrected chi connectivity index (χ1v) is 9.41. The van der Waals surface area contributed by atoms with Crippen molar-refractivity contribution >= 4 is 30.0 Å². The van der Waals surface area contributed by atoms with Crippen LogP contribution in [-0.2, 0) is 9.09 Å². The molecule has 0 aromatic heterocycles. The number of benzene rings is 2. The van der Waals surface area contributed by atoms with Gasteiger partial charge in [0.2, 0.25) is 0 Å². The average Bonchev–Trinajstić information content (AvgIpc) is 2.55. The summed E-state index contributed by atoms with van der Waals surface area (Å²) in [6.07, 6.45) is 0. The van der Waals surface area contributed by atoms with Crippen LogP contribution < -0.4 is 10.2 Å². The quantitative estimate of drug-likeness (QED) is 0.796. The normalized spacial score (nSPS) is 15.0. The van der Waals surface area contributed by atoms with Crippen molar-refractivity contribution in [3.63, 3.8) is 0 Å². The van der Waals surface area contributed by atoms with E-state index in [0.717, 1.165) is 5.69 Å². The second kappa shape index (κ2) is 7.50. The molecular weight excluding hydrogens is 333 g/mol. The molecule has 0 unspecified atom stereocenters. The van der Waals surface area contributed by atoms with Crippen molar-refractivity contribution < 1.29 is 14.2 Å². The second-order valence-corrected chi connectivity index (χ2v) is 8.25. The lowest BCUT2D eigenvalue weighted by molar-refractivity contribution is 0.218. The molecular formula is C17H21ClNO3P. The monoisotopic (exact) mass is 353 g/mol. The molecule has 0 spiro atoms. The average molecular weight is 354 g/mol. The smallest absolute Gasteiger partial charge is 0.264 e. The molecule has 23 heavy (non-hydrogen) atoms. The van der Waals surface area contributed by atoms with Gasteiger partial charge in [-0.3, -0.25) is 4.57 Å². The molecule has 0 fully saturated rings. The molecule has 0 amide bonds. The zero-order valence-corrected chi connectivity index (χ0v) is 15.1. The van der Waals surface area contributed by atoms with E-state index in [9.17, 15) is 9.67 Å². The van der Waals surface area contributed by atoms with Crippen molar-refractivity contribution in [2.45, 2.75) is 12.8 Å². The van der Waals surface area contributed by atoms with Gasteiger partial charge in [-0.25, -0.2) is 0 Å². The first-order valence-electron chi connectivity index (χ1n) is 7.34. The number of halogens is 1. The van der Waals surface area contributed by atoms with Crippen LogP contribution in [0, 0.1) is 0 Å². The molecule has 0 bridgehead atoms. The van der Waals surface area contributed by atoms with Crippen molar-refractivity contribution in [1.82, 2.24) is 0 Å². The van der Waals surface area contributed by atoms with Crippen LogP contribution in [0.2, 0.25) is 5.02 Å². The zero-order chi connectivity index (χ0) is 17.0. The summed E-state index contributed by atoms with van der Waals surface area (Å²) in [7, 11) is 0.405. The molecule has 1 N–H and O–H groups in total. The van der Waals surface area contributed by atoms with Crippen LogP contribution in [0.25, 0.3) is 0 Å². The Balaban J connectivity index is 2.41. The lowest BCUT2D eigenvalue weighted by Gasteiger charge is -2.24. The topological polar surface area (TPSA) is 49.8 Å². The number of rotatable bonds is 6. The standard InChI is InChI=1S/C17H21ClNO3P/c1-4-22-23(21,16-11-9-15(10-12-16)19(2)3)17(20)13-5-7-14(18)8-6-13/h5-12,17,20H,4H2,1-3H3/t17-,23-/m0/s1. The van der Waals surface area contributed by atoms with Crippen LogP contribution >= 0.6 is 19.0 Å². The Hall–Kier alpha value is -1.32. The fraction of sp³-hybridized carbons (Fsp3) is 0.294. The summed E-state index contributed by atoms with van der Waals surface area (Å²) in [5.74, 6) is -1.23. The van der Waals surface area contributed by atoms with Gasteiger partial charge in [-0.05, 0) is 48.9 Å². The predicted octanol–water partition coefficient (Wildman–Crippen LogP) is 4.04. The molecule has 0 saturated carbocycles. The van der Waals surface area contributed by atoms with Crippen molar-refractivity contribution in [1.29, 1.82) is 0 Å². The van der Waals surface area contributed by atoms with Crippen LogP contribution in [0.5, 0.6) is 0 Å². The molecule has 0 radical (unpaired) electrons. The molecule has 6 heteroatoms.